The summed E-state index contributed by atoms with van der Waals surface area (Å²) in [6.07, 6.45) is 0.946. The van der Waals surface area contributed by atoms with Crippen molar-refractivity contribution in [3.8, 4) is 5.75 Å². The Morgan fingerprint density at radius 3 is 2.90 bits per heavy atom. The number of benzene rings is 1. The quantitative estimate of drug-likeness (QED) is 0.887. The number of likely N-dealkylation sites (tertiary alicyclic amines) is 1. The van der Waals surface area contributed by atoms with Gasteiger partial charge in [0.1, 0.15) is 5.75 Å². The van der Waals surface area contributed by atoms with Gasteiger partial charge in [-0.1, -0.05) is 11.6 Å². The molecule has 1 aromatic carbocycles. The van der Waals surface area contributed by atoms with Gasteiger partial charge in [0.15, 0.2) is 0 Å². The normalized spacial score (nSPS) is 18.4. The van der Waals surface area contributed by atoms with E-state index in [2.05, 4.69) is 5.32 Å². The highest BCUT2D eigenvalue weighted by Gasteiger charge is 2.21. The Hall–Kier alpha value is -1.01. The number of halogens is 2. The number of carbonyl (C=O) groups is 1. The second-order valence-corrected chi connectivity index (χ2v) is 5.09. The van der Waals surface area contributed by atoms with Crippen molar-refractivity contribution < 1.29 is 9.53 Å². The van der Waals surface area contributed by atoms with Crippen LogP contribution in [-0.2, 0) is 4.79 Å². The molecule has 1 fully saturated rings. The van der Waals surface area contributed by atoms with Gasteiger partial charge in [-0.05, 0) is 24.6 Å². The molecule has 3 N–H and O–H groups in total. The van der Waals surface area contributed by atoms with Gasteiger partial charge in [-0.25, -0.2) is 0 Å². The summed E-state index contributed by atoms with van der Waals surface area (Å²) in [4.78, 5) is 13.9. The number of methoxy groups -OCH3 is 1. The Morgan fingerprint density at radius 2 is 2.35 bits per heavy atom. The van der Waals surface area contributed by atoms with E-state index in [1.54, 1.807) is 25.3 Å². The summed E-state index contributed by atoms with van der Waals surface area (Å²) < 4.78 is 5.06. The van der Waals surface area contributed by atoms with Crippen LogP contribution in [0.25, 0.3) is 0 Å². The van der Waals surface area contributed by atoms with Gasteiger partial charge >= 0.3 is 0 Å². The van der Waals surface area contributed by atoms with Crippen LogP contribution >= 0.6 is 24.0 Å². The highest BCUT2D eigenvalue weighted by Crippen LogP contribution is 2.27. The van der Waals surface area contributed by atoms with Crippen molar-refractivity contribution in [3.05, 3.63) is 23.2 Å². The molecule has 112 valence electrons. The van der Waals surface area contributed by atoms with E-state index in [0.29, 0.717) is 23.0 Å². The molecule has 1 atom stereocenters. The first-order valence-electron chi connectivity index (χ1n) is 6.20. The molecule has 0 saturated carbocycles. The molecule has 1 amide bonds. The molecule has 0 aliphatic carbocycles. The minimum Gasteiger partial charge on any atom is -0.495 e. The first kappa shape index (κ1) is 17.0. The fourth-order valence-corrected chi connectivity index (χ4v) is 2.41. The molecule has 1 saturated heterocycles. The van der Waals surface area contributed by atoms with Crippen molar-refractivity contribution in [3.63, 3.8) is 0 Å². The predicted octanol–water partition coefficient (Wildman–Crippen LogP) is 1.74. The number of anilines is 1. The molecular weight excluding hydrogens is 301 g/mol. The number of nitrogens with zero attached hydrogens (tertiary/aromatic N) is 1. The largest absolute Gasteiger partial charge is 0.495 e. The Balaban J connectivity index is 0.00000200. The standard InChI is InChI=1S/C13H18ClN3O2.ClH/c1-19-12-3-2-10(6-11(12)14)16-13(18)8-17-5-4-9(15)7-17;/h2-3,6,9H,4-5,7-8,15H2,1H3,(H,16,18);1H/t9-;/m0./s1. The molecule has 1 aromatic rings. The number of hydrogen-bond acceptors (Lipinski definition) is 4. The maximum Gasteiger partial charge on any atom is 0.238 e. The van der Waals surface area contributed by atoms with Crippen LogP contribution in [0.15, 0.2) is 18.2 Å². The minimum atomic E-state index is -0.0599. The third kappa shape index (κ3) is 4.52. The number of nitrogens with two attached hydrogens (primary N) is 1. The van der Waals surface area contributed by atoms with Gasteiger partial charge in [-0.15, -0.1) is 12.4 Å². The number of hydrogen-bond donors (Lipinski definition) is 2. The molecule has 1 aliphatic rings. The van der Waals surface area contributed by atoms with E-state index in [0.717, 1.165) is 19.5 Å². The lowest BCUT2D eigenvalue weighted by atomic mass is 10.3. The SMILES string of the molecule is COc1ccc(NC(=O)CN2CC[C@H](N)C2)cc1Cl.Cl. The molecule has 1 aliphatic heterocycles. The lowest BCUT2D eigenvalue weighted by Crippen LogP contribution is -2.33. The van der Waals surface area contributed by atoms with Crippen LogP contribution in [0.5, 0.6) is 5.75 Å². The van der Waals surface area contributed by atoms with E-state index < -0.39 is 0 Å². The number of ether oxygens (including phenoxy) is 1. The zero-order chi connectivity index (χ0) is 13.8. The third-order valence-electron chi connectivity index (χ3n) is 3.11. The predicted molar refractivity (Wildman–Crippen MR) is 82.9 cm³/mol. The third-order valence-corrected chi connectivity index (χ3v) is 3.41. The highest BCUT2D eigenvalue weighted by atomic mass is 35.5. The molecule has 0 unspecified atom stereocenters. The van der Waals surface area contributed by atoms with Crippen molar-refractivity contribution in [2.24, 2.45) is 5.73 Å². The van der Waals surface area contributed by atoms with Crippen LogP contribution in [0.1, 0.15) is 6.42 Å². The number of rotatable bonds is 4. The van der Waals surface area contributed by atoms with Crippen molar-refractivity contribution in [2.75, 3.05) is 32.1 Å². The van der Waals surface area contributed by atoms with Crippen LogP contribution < -0.4 is 15.8 Å². The van der Waals surface area contributed by atoms with E-state index in [1.165, 1.54) is 0 Å². The Morgan fingerprint density at radius 1 is 1.60 bits per heavy atom. The van der Waals surface area contributed by atoms with E-state index in [-0.39, 0.29) is 24.4 Å². The number of amides is 1. The zero-order valence-electron chi connectivity index (χ0n) is 11.3. The van der Waals surface area contributed by atoms with Gasteiger partial charge in [0.05, 0.1) is 18.7 Å². The fourth-order valence-electron chi connectivity index (χ4n) is 2.15. The maximum atomic E-state index is 11.9. The van der Waals surface area contributed by atoms with Crippen LogP contribution in [0.4, 0.5) is 5.69 Å². The van der Waals surface area contributed by atoms with Crippen LogP contribution in [-0.4, -0.2) is 43.6 Å². The second-order valence-electron chi connectivity index (χ2n) is 4.68. The minimum absolute atomic E-state index is 0. The van der Waals surface area contributed by atoms with Gasteiger partial charge in [0, 0.05) is 24.8 Å². The molecule has 0 spiro atoms. The van der Waals surface area contributed by atoms with Crippen LogP contribution in [0, 0.1) is 0 Å². The average molecular weight is 320 g/mol. The van der Waals surface area contributed by atoms with Crippen molar-refractivity contribution in [1.82, 2.24) is 4.90 Å². The lowest BCUT2D eigenvalue weighted by Gasteiger charge is -2.15. The summed E-state index contributed by atoms with van der Waals surface area (Å²) >= 11 is 6.00. The molecule has 5 nitrogen and oxygen atoms in total. The zero-order valence-corrected chi connectivity index (χ0v) is 12.8. The lowest BCUT2D eigenvalue weighted by molar-refractivity contribution is -0.117. The molecular formula is C13H19Cl2N3O2. The summed E-state index contributed by atoms with van der Waals surface area (Å²) in [5.41, 5.74) is 6.47. The van der Waals surface area contributed by atoms with Crippen molar-refractivity contribution in [1.29, 1.82) is 0 Å². The van der Waals surface area contributed by atoms with Gasteiger partial charge in [-0.2, -0.15) is 0 Å². The molecule has 7 heteroatoms. The van der Waals surface area contributed by atoms with E-state index >= 15 is 0 Å². The van der Waals surface area contributed by atoms with Crippen LogP contribution in [0.3, 0.4) is 0 Å². The molecule has 0 aromatic heterocycles. The fraction of sp³-hybridized carbons (Fsp3) is 0.462. The Labute approximate surface area is 129 Å². The summed E-state index contributed by atoms with van der Waals surface area (Å²) in [7, 11) is 1.55. The summed E-state index contributed by atoms with van der Waals surface area (Å²) in [6.45, 7) is 2.01. The topological polar surface area (TPSA) is 67.6 Å². The molecule has 0 radical (unpaired) electrons. The van der Waals surface area contributed by atoms with Gasteiger partial charge in [0.25, 0.3) is 0 Å². The average Bonchev–Trinajstić information content (AvgIpc) is 2.74. The number of carbonyl (C=O) groups excluding carboxylic acids is 1. The summed E-state index contributed by atoms with van der Waals surface area (Å²) in [5.74, 6) is 0.528. The summed E-state index contributed by atoms with van der Waals surface area (Å²) in [5, 5.41) is 3.29. The van der Waals surface area contributed by atoms with Gasteiger partial charge in [-0.3, -0.25) is 9.69 Å². The van der Waals surface area contributed by atoms with Crippen molar-refractivity contribution >= 4 is 35.6 Å². The molecule has 20 heavy (non-hydrogen) atoms. The van der Waals surface area contributed by atoms with E-state index in [1.807, 2.05) is 4.90 Å². The Bertz CT molecular complexity index is 471. The molecule has 1 heterocycles. The second kappa shape index (κ2) is 7.69. The van der Waals surface area contributed by atoms with E-state index in [4.69, 9.17) is 22.1 Å². The summed E-state index contributed by atoms with van der Waals surface area (Å²) in [6, 6.07) is 5.35. The first-order valence-corrected chi connectivity index (χ1v) is 6.57. The smallest absolute Gasteiger partial charge is 0.238 e. The number of nitrogens with one attached hydrogen (secondary N) is 1. The van der Waals surface area contributed by atoms with Gasteiger partial charge in [0.2, 0.25) is 5.91 Å². The monoisotopic (exact) mass is 319 g/mol. The first-order chi connectivity index (χ1) is 9.08. The highest BCUT2D eigenvalue weighted by molar-refractivity contribution is 6.32. The Kier molecular flexibility index (Phi) is 6.55. The van der Waals surface area contributed by atoms with Crippen molar-refractivity contribution in [2.45, 2.75) is 12.5 Å². The molecule has 0 bridgehead atoms. The molecule has 2 rings (SSSR count). The van der Waals surface area contributed by atoms with E-state index in [9.17, 15) is 4.79 Å². The van der Waals surface area contributed by atoms with Crippen LogP contribution in [0.2, 0.25) is 5.02 Å². The maximum absolute atomic E-state index is 11.9. The van der Waals surface area contributed by atoms with Gasteiger partial charge < -0.3 is 15.8 Å².